The highest BCUT2D eigenvalue weighted by molar-refractivity contribution is 5.94. The first-order valence-corrected chi connectivity index (χ1v) is 13.9. The molecule has 0 bridgehead atoms. The van der Waals surface area contributed by atoms with Gasteiger partial charge in [0.15, 0.2) is 0 Å². The van der Waals surface area contributed by atoms with Crippen LogP contribution >= 0.6 is 0 Å². The molecule has 0 unspecified atom stereocenters. The number of rotatable bonds is 9. The van der Waals surface area contributed by atoms with E-state index in [0.29, 0.717) is 17.1 Å². The summed E-state index contributed by atoms with van der Waals surface area (Å²) in [6, 6.07) is 15.0. The molecule has 2 aromatic heterocycles. The van der Waals surface area contributed by atoms with Crippen molar-refractivity contribution in [2.45, 2.75) is 33.2 Å². The zero-order valence-electron chi connectivity index (χ0n) is 24.0. The molecule has 1 aliphatic rings. The third-order valence-electron chi connectivity index (χ3n) is 6.63. The molecule has 0 saturated carbocycles. The van der Waals surface area contributed by atoms with E-state index in [2.05, 4.69) is 35.8 Å². The number of benzene rings is 2. The minimum atomic E-state index is -0.295. The van der Waals surface area contributed by atoms with Crippen LogP contribution in [-0.2, 0) is 4.74 Å². The molecule has 0 aliphatic carbocycles. The summed E-state index contributed by atoms with van der Waals surface area (Å²) in [5.74, 6) is 2.76. The van der Waals surface area contributed by atoms with Crippen molar-refractivity contribution in [3.8, 4) is 11.5 Å². The van der Waals surface area contributed by atoms with Gasteiger partial charge in [0.05, 0.1) is 24.9 Å². The van der Waals surface area contributed by atoms with Gasteiger partial charge in [-0.25, -0.2) is 15.0 Å². The number of carbonyl (C=O) groups is 1. The first-order chi connectivity index (χ1) is 19.7. The smallest absolute Gasteiger partial charge is 0.251 e. The van der Waals surface area contributed by atoms with Gasteiger partial charge in [0.1, 0.15) is 29.5 Å². The molecule has 1 fully saturated rings. The number of aromatic nitrogens is 3. The fraction of sp³-hybridized carbons (Fsp3) is 0.355. The second kappa shape index (κ2) is 12.5. The van der Waals surface area contributed by atoms with Crippen LogP contribution in [0.1, 0.15) is 36.7 Å². The summed E-state index contributed by atoms with van der Waals surface area (Å²) in [7, 11) is 0. The molecule has 3 heterocycles. The number of anilines is 3. The van der Waals surface area contributed by atoms with Gasteiger partial charge in [0.2, 0.25) is 0 Å². The van der Waals surface area contributed by atoms with Gasteiger partial charge in [-0.1, -0.05) is 0 Å². The maximum Gasteiger partial charge on any atom is 0.251 e. The van der Waals surface area contributed by atoms with Gasteiger partial charge < -0.3 is 25.4 Å². The molecule has 214 valence electrons. The number of fused-ring (bicyclic) bond motifs is 1. The average Bonchev–Trinajstić information content (AvgIpc) is 2.95. The van der Waals surface area contributed by atoms with Crippen molar-refractivity contribution in [2.75, 3.05) is 50.0 Å². The second-order valence-electron chi connectivity index (χ2n) is 11.1. The summed E-state index contributed by atoms with van der Waals surface area (Å²) in [6.45, 7) is 13.1. The molecule has 1 aliphatic heterocycles. The van der Waals surface area contributed by atoms with Crippen molar-refractivity contribution >= 4 is 34.1 Å². The highest BCUT2D eigenvalue weighted by Gasteiger charge is 2.15. The van der Waals surface area contributed by atoms with Crippen LogP contribution in [0.15, 0.2) is 61.1 Å². The van der Waals surface area contributed by atoms with E-state index in [1.807, 2.05) is 52.0 Å². The third kappa shape index (κ3) is 7.68. The number of morpholine rings is 1. The Labute approximate surface area is 240 Å². The van der Waals surface area contributed by atoms with Gasteiger partial charge >= 0.3 is 0 Å². The first kappa shape index (κ1) is 28.3. The lowest BCUT2D eigenvalue weighted by molar-refractivity contribution is 0.0398. The largest absolute Gasteiger partial charge is 0.457 e. The summed E-state index contributed by atoms with van der Waals surface area (Å²) >= 11 is 0. The number of nitrogens with zero attached hydrogens (tertiary/aromatic N) is 4. The standard InChI is InChI=1S/C31H37N7O3/c1-21-17-23(7-10-27(21)41-24-8-5-22(6-9-24)30(39)37-31(2,3)4)36-29-25-18-28(33-19-26(25)34-20-35-29)32-11-12-38-13-15-40-16-14-38/h5-10,17-20H,11-16H2,1-4H3,(H,32,33)(H,37,39)(H,34,35,36). The van der Waals surface area contributed by atoms with Gasteiger partial charge in [-0.05, 0) is 81.8 Å². The molecule has 0 spiro atoms. The predicted octanol–water partition coefficient (Wildman–Crippen LogP) is 5.14. The van der Waals surface area contributed by atoms with Crippen LogP contribution in [0, 0.1) is 6.92 Å². The van der Waals surface area contributed by atoms with E-state index in [1.165, 1.54) is 6.33 Å². The van der Waals surface area contributed by atoms with Crippen LogP contribution in [0.25, 0.3) is 10.9 Å². The van der Waals surface area contributed by atoms with E-state index < -0.39 is 0 Å². The van der Waals surface area contributed by atoms with Crippen LogP contribution in [0.2, 0.25) is 0 Å². The number of carbonyl (C=O) groups excluding carboxylic acids is 1. The van der Waals surface area contributed by atoms with Crippen LogP contribution < -0.4 is 20.7 Å². The molecule has 2 aromatic carbocycles. The Morgan fingerprint density at radius 2 is 1.80 bits per heavy atom. The van der Waals surface area contributed by atoms with E-state index in [9.17, 15) is 4.79 Å². The van der Waals surface area contributed by atoms with Gasteiger partial charge in [0.25, 0.3) is 5.91 Å². The quantitative estimate of drug-likeness (QED) is 0.258. The average molecular weight is 556 g/mol. The minimum absolute atomic E-state index is 0.112. The fourth-order valence-corrected chi connectivity index (χ4v) is 4.51. The maximum absolute atomic E-state index is 12.4. The molecule has 4 aromatic rings. The number of aryl methyl sites for hydroxylation is 1. The monoisotopic (exact) mass is 555 g/mol. The van der Waals surface area contributed by atoms with E-state index in [0.717, 1.165) is 73.1 Å². The molecular formula is C31H37N7O3. The summed E-state index contributed by atoms with van der Waals surface area (Å²) in [6.07, 6.45) is 3.30. The van der Waals surface area contributed by atoms with Crippen molar-refractivity contribution in [2.24, 2.45) is 0 Å². The van der Waals surface area contributed by atoms with Crippen LogP contribution in [-0.4, -0.2) is 70.7 Å². The molecule has 5 rings (SSSR count). The van der Waals surface area contributed by atoms with Crippen LogP contribution in [0.3, 0.4) is 0 Å². The predicted molar refractivity (Wildman–Crippen MR) is 161 cm³/mol. The SMILES string of the molecule is Cc1cc(Nc2ncnc3cnc(NCCN4CCOCC4)cc23)ccc1Oc1ccc(C(=O)NC(C)(C)C)cc1. The van der Waals surface area contributed by atoms with E-state index >= 15 is 0 Å². The number of pyridine rings is 1. The molecule has 0 atom stereocenters. The van der Waals surface area contributed by atoms with E-state index in [1.54, 1.807) is 30.5 Å². The lowest BCUT2D eigenvalue weighted by Gasteiger charge is -2.26. The second-order valence-corrected chi connectivity index (χ2v) is 11.1. The molecule has 3 N–H and O–H groups in total. The molecule has 1 saturated heterocycles. The Morgan fingerprint density at radius 1 is 1.02 bits per heavy atom. The van der Waals surface area contributed by atoms with Crippen molar-refractivity contribution in [1.29, 1.82) is 0 Å². The number of hydrogen-bond donors (Lipinski definition) is 3. The molecule has 41 heavy (non-hydrogen) atoms. The Bertz CT molecular complexity index is 1500. The van der Waals surface area contributed by atoms with Crippen molar-refractivity contribution in [3.63, 3.8) is 0 Å². The fourth-order valence-electron chi connectivity index (χ4n) is 4.51. The van der Waals surface area contributed by atoms with Gasteiger partial charge in [-0.2, -0.15) is 0 Å². The molecule has 1 amide bonds. The van der Waals surface area contributed by atoms with Crippen LogP contribution in [0.4, 0.5) is 17.3 Å². The summed E-state index contributed by atoms with van der Waals surface area (Å²) < 4.78 is 11.5. The number of ether oxygens (including phenoxy) is 2. The van der Waals surface area contributed by atoms with Crippen molar-refractivity contribution in [3.05, 3.63) is 72.2 Å². The normalized spacial score (nSPS) is 14.0. The maximum atomic E-state index is 12.4. The Hall–Kier alpha value is -4.28. The summed E-state index contributed by atoms with van der Waals surface area (Å²) in [4.78, 5) is 28.2. The van der Waals surface area contributed by atoms with Crippen molar-refractivity contribution in [1.82, 2.24) is 25.2 Å². The number of amides is 1. The Morgan fingerprint density at radius 3 is 2.54 bits per heavy atom. The summed E-state index contributed by atoms with van der Waals surface area (Å²) in [5.41, 5.74) is 2.89. The summed E-state index contributed by atoms with van der Waals surface area (Å²) in [5, 5.41) is 10.7. The Balaban J connectivity index is 1.24. The van der Waals surface area contributed by atoms with Crippen LogP contribution in [0.5, 0.6) is 11.5 Å². The highest BCUT2D eigenvalue weighted by Crippen LogP contribution is 2.30. The topological polar surface area (TPSA) is 114 Å². The van der Waals surface area contributed by atoms with Gasteiger partial charge in [-0.3, -0.25) is 9.69 Å². The molecule has 10 nitrogen and oxygen atoms in total. The van der Waals surface area contributed by atoms with E-state index in [4.69, 9.17) is 9.47 Å². The lowest BCUT2D eigenvalue weighted by atomic mass is 10.1. The molecule has 10 heteroatoms. The van der Waals surface area contributed by atoms with E-state index in [-0.39, 0.29) is 11.4 Å². The number of hydrogen-bond acceptors (Lipinski definition) is 9. The first-order valence-electron chi connectivity index (χ1n) is 13.9. The highest BCUT2D eigenvalue weighted by atomic mass is 16.5. The minimum Gasteiger partial charge on any atom is -0.457 e. The zero-order valence-corrected chi connectivity index (χ0v) is 24.0. The molecule has 0 radical (unpaired) electrons. The molecular weight excluding hydrogens is 518 g/mol. The third-order valence-corrected chi connectivity index (χ3v) is 6.63. The van der Waals surface area contributed by atoms with Crippen molar-refractivity contribution < 1.29 is 14.3 Å². The Kier molecular flexibility index (Phi) is 8.61. The number of nitrogens with one attached hydrogen (secondary N) is 3. The van der Waals surface area contributed by atoms with Gasteiger partial charge in [-0.15, -0.1) is 0 Å². The lowest BCUT2D eigenvalue weighted by Crippen LogP contribution is -2.40. The van der Waals surface area contributed by atoms with Gasteiger partial charge in [0, 0.05) is 48.4 Å². The zero-order chi connectivity index (χ0) is 28.8.